The van der Waals surface area contributed by atoms with Crippen molar-refractivity contribution in [3.05, 3.63) is 35.9 Å². The average Bonchev–Trinajstić information content (AvgIpc) is 2.38. The number of carbonyl (C=O) groups excluding carboxylic acids is 1. The molecule has 1 aliphatic carbocycles. The van der Waals surface area contributed by atoms with E-state index < -0.39 is 23.3 Å². The minimum absolute atomic E-state index is 0.135. The fourth-order valence-electron chi connectivity index (χ4n) is 3.32. The predicted molar refractivity (Wildman–Crippen MR) is 70.9 cm³/mol. The maximum Gasteiger partial charge on any atom is 0.417 e. The van der Waals surface area contributed by atoms with Gasteiger partial charge in [0.25, 0.3) is 0 Å². The van der Waals surface area contributed by atoms with Gasteiger partial charge in [-0.25, -0.2) is 4.79 Å². The Hall–Kier alpha value is -1.76. The summed E-state index contributed by atoms with van der Waals surface area (Å²) in [6.07, 6.45) is -5.82. The molecular weight excluding hydrogens is 299 g/mol. The van der Waals surface area contributed by atoms with Crippen LogP contribution < -0.4 is 0 Å². The number of ether oxygens (including phenoxy) is 1. The highest BCUT2D eigenvalue weighted by Crippen LogP contribution is 2.59. The van der Waals surface area contributed by atoms with Gasteiger partial charge in [0.15, 0.2) is 5.60 Å². The summed E-state index contributed by atoms with van der Waals surface area (Å²) in [7, 11) is 0. The van der Waals surface area contributed by atoms with Crippen LogP contribution in [0.2, 0.25) is 0 Å². The number of rotatable bonds is 2. The average molecular weight is 315 g/mol. The molecule has 2 fully saturated rings. The molecule has 120 valence electrons. The molecule has 1 heterocycles. The molecule has 0 atom stereocenters. The highest BCUT2D eigenvalue weighted by molar-refractivity contribution is 5.69. The maximum absolute atomic E-state index is 12.6. The van der Waals surface area contributed by atoms with Crippen molar-refractivity contribution in [1.29, 1.82) is 0 Å². The predicted octanol–water partition coefficient (Wildman–Crippen LogP) is 2.71. The molecule has 1 aromatic rings. The van der Waals surface area contributed by atoms with Crippen molar-refractivity contribution < 1.29 is 27.8 Å². The molecule has 0 unspecified atom stereocenters. The van der Waals surface area contributed by atoms with Crippen molar-refractivity contribution in [2.45, 2.75) is 31.2 Å². The third-order valence-electron chi connectivity index (χ3n) is 4.38. The monoisotopic (exact) mass is 315 g/mol. The third kappa shape index (κ3) is 2.54. The second-order valence-electron chi connectivity index (χ2n) is 6.28. The van der Waals surface area contributed by atoms with Gasteiger partial charge in [0, 0.05) is 18.5 Å². The standard InChI is InChI=1S/C15H16F3NO3/c16-15(17,18)14(21)7-13(8-14)9-19(10-13)12(20)22-6-11-4-2-1-3-5-11/h1-5,21H,6-10H2. The lowest BCUT2D eigenvalue weighted by Crippen LogP contribution is -2.72. The second kappa shape index (κ2) is 4.87. The number of alkyl halides is 3. The molecular formula is C15H16F3NO3. The van der Waals surface area contributed by atoms with Crippen LogP contribution in [0.1, 0.15) is 18.4 Å². The highest BCUT2D eigenvalue weighted by Gasteiger charge is 2.70. The summed E-state index contributed by atoms with van der Waals surface area (Å²) >= 11 is 0. The van der Waals surface area contributed by atoms with Gasteiger partial charge in [0.1, 0.15) is 6.61 Å². The van der Waals surface area contributed by atoms with Crippen molar-refractivity contribution in [2.24, 2.45) is 5.41 Å². The smallest absolute Gasteiger partial charge is 0.417 e. The molecule has 0 aromatic heterocycles. The first-order chi connectivity index (χ1) is 10.2. The van der Waals surface area contributed by atoms with Crippen molar-refractivity contribution in [2.75, 3.05) is 13.1 Å². The SMILES string of the molecule is O=C(OCc1ccccc1)N1CC2(C1)CC(O)(C(F)(F)F)C2. The fraction of sp³-hybridized carbons (Fsp3) is 0.533. The molecule has 22 heavy (non-hydrogen) atoms. The molecule has 1 aromatic carbocycles. The Labute approximate surface area is 125 Å². The molecule has 3 rings (SSSR count). The van der Waals surface area contributed by atoms with Crippen LogP contribution in [0.5, 0.6) is 0 Å². The molecule has 0 bridgehead atoms. The summed E-state index contributed by atoms with van der Waals surface area (Å²) in [5.74, 6) is 0. The van der Waals surface area contributed by atoms with E-state index in [4.69, 9.17) is 4.74 Å². The number of likely N-dealkylation sites (tertiary alicyclic amines) is 1. The van der Waals surface area contributed by atoms with Gasteiger partial charge in [0.05, 0.1) is 0 Å². The number of nitrogens with zero attached hydrogens (tertiary/aromatic N) is 1. The number of amides is 1. The van der Waals surface area contributed by atoms with Gasteiger partial charge in [-0.05, 0) is 18.4 Å². The number of carbonyl (C=O) groups is 1. The van der Waals surface area contributed by atoms with Crippen LogP contribution in [0, 0.1) is 5.41 Å². The van der Waals surface area contributed by atoms with E-state index in [1.807, 2.05) is 30.3 Å². The summed E-state index contributed by atoms with van der Waals surface area (Å²) in [5.41, 5.74) is -2.34. The van der Waals surface area contributed by atoms with E-state index >= 15 is 0 Å². The molecule has 2 aliphatic rings. The van der Waals surface area contributed by atoms with Gasteiger partial charge in [-0.1, -0.05) is 30.3 Å². The Balaban J connectivity index is 1.45. The zero-order valence-corrected chi connectivity index (χ0v) is 11.8. The Morgan fingerprint density at radius 3 is 2.36 bits per heavy atom. The molecule has 1 saturated heterocycles. The minimum Gasteiger partial charge on any atom is -0.445 e. The third-order valence-corrected chi connectivity index (χ3v) is 4.38. The first-order valence-corrected chi connectivity index (χ1v) is 6.98. The number of hydrogen-bond acceptors (Lipinski definition) is 3. The molecule has 1 N–H and O–H groups in total. The Morgan fingerprint density at radius 2 is 1.82 bits per heavy atom. The van der Waals surface area contributed by atoms with Crippen LogP contribution in [0.3, 0.4) is 0 Å². The van der Waals surface area contributed by atoms with Gasteiger partial charge in [-0.3, -0.25) is 0 Å². The Kier molecular flexibility index (Phi) is 3.36. The van der Waals surface area contributed by atoms with Crippen LogP contribution in [-0.4, -0.2) is 41.0 Å². The minimum atomic E-state index is -4.60. The van der Waals surface area contributed by atoms with Crippen molar-refractivity contribution >= 4 is 6.09 Å². The van der Waals surface area contributed by atoms with Crippen molar-refractivity contribution in [3.8, 4) is 0 Å². The Morgan fingerprint density at radius 1 is 1.23 bits per heavy atom. The fourth-order valence-corrected chi connectivity index (χ4v) is 3.32. The molecule has 0 radical (unpaired) electrons. The zero-order chi connectivity index (χ0) is 16.0. The van der Waals surface area contributed by atoms with Crippen LogP contribution in [-0.2, 0) is 11.3 Å². The van der Waals surface area contributed by atoms with Crippen molar-refractivity contribution in [1.82, 2.24) is 4.90 Å². The van der Waals surface area contributed by atoms with E-state index in [1.54, 1.807) is 0 Å². The normalized spacial score (nSPS) is 21.9. The summed E-state index contributed by atoms with van der Waals surface area (Å²) in [6, 6.07) is 9.14. The lowest BCUT2D eigenvalue weighted by atomic mass is 9.55. The van der Waals surface area contributed by atoms with E-state index in [1.165, 1.54) is 4.90 Å². The number of hydrogen-bond donors (Lipinski definition) is 1. The number of aliphatic hydroxyl groups is 1. The van der Waals surface area contributed by atoms with E-state index in [2.05, 4.69) is 0 Å². The zero-order valence-electron chi connectivity index (χ0n) is 11.8. The number of halogens is 3. The van der Waals surface area contributed by atoms with Gasteiger partial charge < -0.3 is 14.7 Å². The van der Waals surface area contributed by atoms with Crippen LogP contribution in [0.25, 0.3) is 0 Å². The van der Waals surface area contributed by atoms with Gasteiger partial charge in [0.2, 0.25) is 0 Å². The van der Waals surface area contributed by atoms with Gasteiger partial charge in [-0.15, -0.1) is 0 Å². The highest BCUT2D eigenvalue weighted by atomic mass is 19.4. The molecule has 1 amide bonds. The second-order valence-corrected chi connectivity index (χ2v) is 6.28. The summed E-state index contributed by atoms with van der Waals surface area (Å²) < 4.78 is 42.9. The van der Waals surface area contributed by atoms with Gasteiger partial charge in [-0.2, -0.15) is 13.2 Å². The summed E-state index contributed by atoms with van der Waals surface area (Å²) in [6.45, 7) is 0.549. The molecule has 1 aliphatic heterocycles. The van der Waals surface area contributed by atoms with Crippen LogP contribution in [0.4, 0.5) is 18.0 Å². The Bertz CT molecular complexity index is 559. The largest absolute Gasteiger partial charge is 0.445 e. The molecule has 1 spiro atoms. The maximum atomic E-state index is 12.6. The van der Waals surface area contributed by atoms with E-state index in [9.17, 15) is 23.1 Å². The topological polar surface area (TPSA) is 49.8 Å². The molecule has 4 nitrogen and oxygen atoms in total. The molecule has 7 heteroatoms. The lowest BCUT2D eigenvalue weighted by Gasteiger charge is -2.61. The first kappa shape index (κ1) is 15.1. The van der Waals surface area contributed by atoms with E-state index in [0.717, 1.165) is 5.56 Å². The van der Waals surface area contributed by atoms with E-state index in [-0.39, 0.29) is 32.5 Å². The first-order valence-electron chi connectivity index (χ1n) is 6.98. The quantitative estimate of drug-likeness (QED) is 0.913. The summed E-state index contributed by atoms with van der Waals surface area (Å²) in [4.78, 5) is 13.2. The van der Waals surface area contributed by atoms with Crippen molar-refractivity contribution in [3.63, 3.8) is 0 Å². The summed E-state index contributed by atoms with van der Waals surface area (Å²) in [5, 5.41) is 9.46. The van der Waals surface area contributed by atoms with E-state index in [0.29, 0.717) is 0 Å². The van der Waals surface area contributed by atoms with Crippen LogP contribution >= 0.6 is 0 Å². The molecule has 1 saturated carbocycles. The number of benzene rings is 1. The van der Waals surface area contributed by atoms with Crippen LogP contribution in [0.15, 0.2) is 30.3 Å². The van der Waals surface area contributed by atoms with Gasteiger partial charge >= 0.3 is 12.3 Å². The lowest BCUT2D eigenvalue weighted by molar-refractivity contribution is -0.329.